The van der Waals surface area contributed by atoms with Crippen molar-refractivity contribution in [1.82, 2.24) is 9.88 Å². The van der Waals surface area contributed by atoms with Crippen molar-refractivity contribution in [2.75, 3.05) is 6.61 Å². The van der Waals surface area contributed by atoms with E-state index in [1.165, 1.54) is 0 Å². The maximum absolute atomic E-state index is 14.5. The summed E-state index contributed by atoms with van der Waals surface area (Å²) in [6, 6.07) is 12.2. The molecule has 1 aromatic heterocycles. The highest BCUT2D eigenvalue weighted by molar-refractivity contribution is 6.31. The summed E-state index contributed by atoms with van der Waals surface area (Å²) in [5.74, 6) is -0.634. The van der Waals surface area contributed by atoms with Crippen LogP contribution in [0.15, 0.2) is 90.5 Å². The molecular formula is C33H38Cl2N2O3. The smallest absolute Gasteiger partial charge is 0.356 e. The van der Waals surface area contributed by atoms with Gasteiger partial charge in [0.05, 0.1) is 29.8 Å². The number of piperidine rings is 1. The van der Waals surface area contributed by atoms with Gasteiger partial charge in [0.2, 0.25) is 5.91 Å². The number of hydrogen-bond acceptors (Lipinski definition) is 4. The van der Waals surface area contributed by atoms with Crippen LogP contribution in [0.4, 0.5) is 0 Å². The van der Waals surface area contributed by atoms with Crippen molar-refractivity contribution >= 4 is 35.1 Å². The van der Waals surface area contributed by atoms with Crippen molar-refractivity contribution < 1.29 is 14.3 Å². The zero-order chi connectivity index (χ0) is 29.4. The van der Waals surface area contributed by atoms with Crippen molar-refractivity contribution in [2.45, 2.75) is 65.0 Å². The quantitative estimate of drug-likeness (QED) is 0.152. The second kappa shape index (κ2) is 14.0. The van der Waals surface area contributed by atoms with Crippen LogP contribution in [0.2, 0.25) is 5.02 Å². The topological polar surface area (TPSA) is 59.5 Å². The standard InChI is InChI=1S/C33H38Cl2N2O3/c1-7-19-33(6)21-26(23-13-11-14-25(35)20-23)30(22(5)17-18-24(34)8-2)37(32(33)39)29(9-3)27-15-12-16-28(36-27)31(38)40-10-4/h7-8,11-18,20,26,29-30H,1,5,9-10,19,21H2,2-4,6H3/b18-17-,24-8+/t26-,29+,30-,33+/m1/s1. The number of esters is 1. The zero-order valence-corrected chi connectivity index (χ0v) is 25.2. The van der Waals surface area contributed by atoms with Gasteiger partial charge in [-0.05, 0) is 74.6 Å². The van der Waals surface area contributed by atoms with E-state index in [9.17, 15) is 9.59 Å². The first-order valence-corrected chi connectivity index (χ1v) is 14.4. The molecule has 1 fully saturated rings. The summed E-state index contributed by atoms with van der Waals surface area (Å²) < 4.78 is 5.19. The van der Waals surface area contributed by atoms with Crippen LogP contribution in [0.5, 0.6) is 0 Å². The van der Waals surface area contributed by atoms with E-state index in [2.05, 4.69) is 18.1 Å². The number of hydrogen-bond donors (Lipinski definition) is 0. The largest absolute Gasteiger partial charge is 0.461 e. The number of halogens is 2. The van der Waals surface area contributed by atoms with E-state index in [0.29, 0.717) is 35.0 Å². The van der Waals surface area contributed by atoms with Gasteiger partial charge in [-0.3, -0.25) is 4.79 Å². The first-order chi connectivity index (χ1) is 19.1. The molecule has 1 aliphatic rings. The molecule has 1 amide bonds. The molecule has 3 rings (SSSR count). The van der Waals surface area contributed by atoms with Gasteiger partial charge < -0.3 is 9.64 Å². The van der Waals surface area contributed by atoms with Crippen LogP contribution in [0.1, 0.15) is 80.7 Å². The summed E-state index contributed by atoms with van der Waals surface area (Å²) in [6.07, 6.45) is 8.91. The van der Waals surface area contributed by atoms with Gasteiger partial charge in [-0.2, -0.15) is 0 Å². The molecular weight excluding hydrogens is 543 g/mol. The van der Waals surface area contributed by atoms with Gasteiger partial charge in [0, 0.05) is 16.0 Å². The second-order valence-corrected chi connectivity index (χ2v) is 11.1. The summed E-state index contributed by atoms with van der Waals surface area (Å²) in [5.41, 5.74) is 1.85. The first kappa shape index (κ1) is 31.4. The predicted octanol–water partition coefficient (Wildman–Crippen LogP) is 8.58. The Balaban J connectivity index is 2.25. The van der Waals surface area contributed by atoms with Crippen LogP contribution in [0.25, 0.3) is 0 Å². The molecule has 0 radical (unpaired) electrons. The maximum Gasteiger partial charge on any atom is 0.356 e. The molecule has 0 spiro atoms. The third-order valence-electron chi connectivity index (χ3n) is 7.41. The molecule has 1 saturated heterocycles. The molecule has 7 heteroatoms. The molecule has 2 aromatic rings. The summed E-state index contributed by atoms with van der Waals surface area (Å²) in [6.45, 7) is 16.2. The van der Waals surface area contributed by atoms with Gasteiger partial charge >= 0.3 is 5.97 Å². The zero-order valence-electron chi connectivity index (χ0n) is 23.7. The van der Waals surface area contributed by atoms with Crippen LogP contribution >= 0.6 is 23.2 Å². The van der Waals surface area contributed by atoms with E-state index >= 15 is 0 Å². The van der Waals surface area contributed by atoms with Crippen LogP contribution in [-0.4, -0.2) is 34.4 Å². The Labute approximate surface area is 248 Å². The minimum Gasteiger partial charge on any atom is -0.461 e. The Bertz CT molecular complexity index is 1320. The summed E-state index contributed by atoms with van der Waals surface area (Å²) in [7, 11) is 0. The maximum atomic E-state index is 14.5. The molecule has 40 heavy (non-hydrogen) atoms. The van der Waals surface area contributed by atoms with Crippen molar-refractivity contribution in [3.63, 3.8) is 0 Å². The summed E-state index contributed by atoms with van der Waals surface area (Å²) in [5, 5.41) is 1.19. The van der Waals surface area contributed by atoms with Gasteiger partial charge in [-0.25, -0.2) is 9.78 Å². The number of aromatic nitrogens is 1. The number of carbonyl (C=O) groups excluding carboxylic acids is 2. The minimum atomic E-state index is -0.720. The van der Waals surface area contributed by atoms with Gasteiger partial charge in [0.1, 0.15) is 5.69 Å². The highest BCUT2D eigenvalue weighted by Crippen LogP contribution is 2.50. The second-order valence-electron chi connectivity index (χ2n) is 10.3. The average Bonchev–Trinajstić information content (AvgIpc) is 2.94. The fraction of sp³-hybridized carbons (Fsp3) is 0.364. The average molecular weight is 582 g/mol. The van der Waals surface area contributed by atoms with Crippen molar-refractivity contribution in [2.24, 2.45) is 5.41 Å². The normalized spacial score (nSPS) is 22.3. The molecule has 0 saturated carbocycles. The molecule has 2 heterocycles. The number of carbonyl (C=O) groups is 2. The third-order valence-corrected chi connectivity index (χ3v) is 7.98. The fourth-order valence-electron chi connectivity index (χ4n) is 5.50. The van der Waals surface area contributed by atoms with Crippen LogP contribution in [0, 0.1) is 5.41 Å². The first-order valence-electron chi connectivity index (χ1n) is 13.6. The molecule has 4 atom stereocenters. The summed E-state index contributed by atoms with van der Waals surface area (Å²) >= 11 is 12.8. The third kappa shape index (κ3) is 6.94. The molecule has 212 valence electrons. The van der Waals surface area contributed by atoms with Crippen LogP contribution in [0.3, 0.4) is 0 Å². The number of amides is 1. The number of pyridine rings is 1. The van der Waals surface area contributed by atoms with E-state index in [0.717, 1.165) is 11.1 Å². The highest BCUT2D eigenvalue weighted by atomic mass is 35.5. The number of rotatable bonds is 11. The summed E-state index contributed by atoms with van der Waals surface area (Å²) in [4.78, 5) is 33.6. The van der Waals surface area contributed by atoms with Gasteiger partial charge in [-0.1, -0.05) is 80.1 Å². The number of likely N-dealkylation sites (tertiary alicyclic amines) is 1. The van der Waals surface area contributed by atoms with E-state index in [4.69, 9.17) is 27.9 Å². The Kier molecular flexibility index (Phi) is 11.0. The van der Waals surface area contributed by atoms with Crippen molar-refractivity contribution in [1.29, 1.82) is 0 Å². The van der Waals surface area contributed by atoms with Gasteiger partial charge in [0.25, 0.3) is 0 Å². The van der Waals surface area contributed by atoms with E-state index < -0.39 is 23.5 Å². The molecule has 1 aromatic carbocycles. The highest BCUT2D eigenvalue weighted by Gasteiger charge is 2.51. The molecule has 1 aliphatic heterocycles. The Morgan fingerprint density at radius 2 is 1.98 bits per heavy atom. The molecule has 0 aliphatic carbocycles. The number of allylic oxidation sites excluding steroid dienone is 4. The predicted molar refractivity (Wildman–Crippen MR) is 163 cm³/mol. The Morgan fingerprint density at radius 3 is 2.60 bits per heavy atom. The lowest BCUT2D eigenvalue weighted by atomic mass is 9.67. The minimum absolute atomic E-state index is 0.0162. The van der Waals surface area contributed by atoms with E-state index in [1.807, 2.05) is 62.1 Å². The lowest BCUT2D eigenvalue weighted by molar-refractivity contribution is -0.152. The SMILES string of the molecule is C=CC[C@@]1(C)C[C@H](c2cccc(Cl)c2)[C@@H](C(=C)/C=C\C(Cl)=C/C)N([C@@H](CC)c2cccc(C(=O)OCC)n2)C1=O. The lowest BCUT2D eigenvalue weighted by Gasteiger charge is -2.52. The monoisotopic (exact) mass is 580 g/mol. The van der Waals surface area contributed by atoms with Crippen molar-refractivity contribution in [3.05, 3.63) is 113 Å². The molecule has 0 bridgehead atoms. The lowest BCUT2D eigenvalue weighted by Crippen LogP contribution is -2.57. The molecule has 5 nitrogen and oxygen atoms in total. The fourth-order valence-corrected chi connectivity index (χ4v) is 5.76. The molecule has 0 unspecified atom stereocenters. The number of ether oxygens (including phenoxy) is 1. The number of nitrogens with zero attached hydrogens (tertiary/aromatic N) is 2. The van der Waals surface area contributed by atoms with Gasteiger partial charge in [0.15, 0.2) is 0 Å². The molecule has 0 N–H and O–H groups in total. The Morgan fingerprint density at radius 1 is 1.25 bits per heavy atom. The van der Waals surface area contributed by atoms with Crippen LogP contribution < -0.4 is 0 Å². The van der Waals surface area contributed by atoms with Crippen LogP contribution in [-0.2, 0) is 9.53 Å². The number of benzene rings is 1. The van der Waals surface area contributed by atoms with Gasteiger partial charge in [-0.15, -0.1) is 6.58 Å². The van der Waals surface area contributed by atoms with E-state index in [-0.39, 0.29) is 24.1 Å². The van der Waals surface area contributed by atoms with E-state index in [1.54, 1.807) is 37.3 Å². The Hall–Kier alpha value is -3.15. The van der Waals surface area contributed by atoms with Crippen molar-refractivity contribution in [3.8, 4) is 0 Å².